The maximum Gasteiger partial charge on any atom is 0.165 e. The number of hydrogen-bond donors (Lipinski definition) is 1. The Kier molecular flexibility index (Phi) is 1.28. The number of hydrogen-bond acceptors (Lipinski definition) is 4. The average Bonchev–Trinajstić information content (AvgIpc) is 2.95. The van der Waals surface area contributed by atoms with Gasteiger partial charge in [0.2, 0.25) is 0 Å². The summed E-state index contributed by atoms with van der Waals surface area (Å²) in [6, 6.07) is 1.01. The van der Waals surface area contributed by atoms with Gasteiger partial charge in [0.05, 0.1) is 12.5 Å². The van der Waals surface area contributed by atoms with Gasteiger partial charge in [-0.2, -0.15) is 0 Å². The van der Waals surface area contributed by atoms with Gasteiger partial charge >= 0.3 is 0 Å². The number of methoxy groups -OCH3 is 1. The molecule has 0 amide bonds. The fraction of sp³-hybridized carbons (Fsp3) is 0.556. The van der Waals surface area contributed by atoms with Crippen molar-refractivity contribution in [3.05, 3.63) is 35.4 Å². The van der Waals surface area contributed by atoms with Gasteiger partial charge in [-0.25, -0.2) is 0 Å². The van der Waals surface area contributed by atoms with Crippen LogP contribution in [0.1, 0.15) is 29.9 Å². The van der Waals surface area contributed by atoms with Crippen molar-refractivity contribution in [3.8, 4) is 11.5 Å². The van der Waals surface area contributed by atoms with Gasteiger partial charge in [-0.3, -0.25) is 0 Å². The van der Waals surface area contributed by atoms with Crippen LogP contribution in [0.3, 0.4) is 0 Å². The van der Waals surface area contributed by atoms with E-state index in [1.807, 2.05) is 0 Å². The molecule has 1 aromatic rings. The molecule has 1 aromatic carbocycles. The Morgan fingerprint density at radius 2 is 2.45 bits per heavy atom. The van der Waals surface area contributed by atoms with E-state index >= 15 is 0 Å². The Labute approximate surface area is 143 Å². The van der Waals surface area contributed by atoms with Crippen molar-refractivity contribution in [1.29, 1.82) is 0 Å². The first-order chi connectivity index (χ1) is 14.1. The fourth-order valence-corrected chi connectivity index (χ4v) is 4.47. The molecule has 2 unspecified atom stereocenters. The molecule has 4 aliphatic rings. The van der Waals surface area contributed by atoms with Crippen molar-refractivity contribution >= 4 is 0 Å². The third kappa shape index (κ3) is 1.28. The highest BCUT2D eigenvalue weighted by molar-refractivity contribution is 5.62. The lowest BCUT2D eigenvalue weighted by atomic mass is 9.53. The Morgan fingerprint density at radius 1 is 1.50 bits per heavy atom. The van der Waals surface area contributed by atoms with Gasteiger partial charge in [0, 0.05) is 29.7 Å². The molecular weight excluding hydrogens is 278 g/mol. The molecule has 4 nitrogen and oxygen atoms in total. The molecule has 2 bridgehead atoms. The number of piperidine rings is 1. The first kappa shape index (κ1) is 6.93. The molecule has 1 spiro atoms. The number of likely N-dealkylation sites (N-methyl/N-ethyl adjacent to an activating group) is 1. The zero-order valence-corrected chi connectivity index (χ0v) is 11.7. The van der Waals surface area contributed by atoms with Gasteiger partial charge < -0.3 is 19.5 Å². The molecular formula is C18H21NO3. The molecule has 0 aromatic heterocycles. The summed E-state index contributed by atoms with van der Waals surface area (Å²) in [6.45, 7) is -2.70. The van der Waals surface area contributed by atoms with Crippen molar-refractivity contribution in [2.24, 2.45) is 5.89 Å². The van der Waals surface area contributed by atoms with Crippen LogP contribution in [0.15, 0.2) is 24.3 Å². The van der Waals surface area contributed by atoms with Crippen LogP contribution in [-0.4, -0.2) is 48.8 Å². The Bertz CT molecular complexity index is 1010. The zero-order valence-electron chi connectivity index (χ0n) is 20.7. The summed E-state index contributed by atoms with van der Waals surface area (Å²) < 4.78 is 84.4. The van der Waals surface area contributed by atoms with Crippen molar-refractivity contribution in [2.45, 2.75) is 36.5 Å². The van der Waals surface area contributed by atoms with Crippen LogP contribution in [0, 0.1) is 5.89 Å². The number of nitrogens with zero attached hydrogens (tertiary/aromatic N) is 1. The second kappa shape index (κ2) is 4.06. The van der Waals surface area contributed by atoms with Gasteiger partial charge in [0.25, 0.3) is 0 Å². The van der Waals surface area contributed by atoms with Crippen molar-refractivity contribution in [3.63, 3.8) is 0 Å². The summed E-state index contributed by atoms with van der Waals surface area (Å²) in [5, 5.41) is 10.8. The molecule has 1 fully saturated rings. The van der Waals surface area contributed by atoms with E-state index in [2.05, 4.69) is 0 Å². The second-order valence-corrected chi connectivity index (χ2v) is 6.20. The number of aliphatic hydroxyl groups is 1. The standard InChI is InChI=1S/C18H21NO3/c1-19-8-7-18-11-4-5-13(20)17(18)22-16-14(21-2)6-3-10(15(16)18)9-12(11)19/h3-6,11-13,17,20H,7-9H2,1-2H3/t11-,12+,13?,17?,18-/m0/s1/i1D3,2D3,11D,12D,13D. The van der Waals surface area contributed by atoms with Crippen LogP contribution in [-0.2, 0) is 11.8 Å². The molecule has 5 rings (SSSR count). The molecule has 2 aliphatic heterocycles. The van der Waals surface area contributed by atoms with Crippen LogP contribution < -0.4 is 9.47 Å². The maximum atomic E-state index is 10.8. The zero-order chi connectivity index (χ0) is 22.8. The van der Waals surface area contributed by atoms with Crippen molar-refractivity contribution in [1.82, 2.24) is 4.90 Å². The summed E-state index contributed by atoms with van der Waals surface area (Å²) >= 11 is 0. The van der Waals surface area contributed by atoms with Gasteiger partial charge in [0.15, 0.2) is 11.5 Å². The van der Waals surface area contributed by atoms with E-state index < -0.39 is 43.5 Å². The summed E-state index contributed by atoms with van der Waals surface area (Å²) in [6.07, 6.45) is -1.37. The van der Waals surface area contributed by atoms with Gasteiger partial charge in [0.1, 0.15) is 12.2 Å². The first-order valence-corrected chi connectivity index (χ1v) is 7.29. The lowest BCUT2D eigenvalue weighted by molar-refractivity contribution is -0.0453. The molecule has 1 N–H and O–H groups in total. The van der Waals surface area contributed by atoms with E-state index in [4.69, 9.17) is 19.1 Å². The topological polar surface area (TPSA) is 41.9 Å². The first-order valence-electron chi connectivity index (χ1n) is 11.8. The van der Waals surface area contributed by atoms with Crippen LogP contribution in [0.25, 0.3) is 0 Å². The Morgan fingerprint density at radius 3 is 3.32 bits per heavy atom. The van der Waals surface area contributed by atoms with Crippen LogP contribution in [0.5, 0.6) is 11.5 Å². The molecule has 2 heterocycles. The van der Waals surface area contributed by atoms with E-state index in [-0.39, 0.29) is 30.9 Å². The lowest BCUT2D eigenvalue weighted by Gasteiger charge is -2.56. The summed E-state index contributed by atoms with van der Waals surface area (Å²) in [4.78, 5) is 1.03. The Balaban J connectivity index is 1.82. The molecule has 4 heteroatoms. The highest BCUT2D eigenvalue weighted by atomic mass is 16.5. The van der Waals surface area contributed by atoms with Crippen LogP contribution in [0.4, 0.5) is 0 Å². The highest BCUT2D eigenvalue weighted by Crippen LogP contribution is 2.62. The average molecular weight is 308 g/mol. The molecule has 2 aliphatic carbocycles. The van der Waals surface area contributed by atoms with E-state index in [9.17, 15) is 7.85 Å². The minimum Gasteiger partial charge on any atom is -0.493 e. The van der Waals surface area contributed by atoms with E-state index in [0.717, 1.165) is 11.0 Å². The Hall–Kier alpha value is -1.52. The second-order valence-electron chi connectivity index (χ2n) is 6.20. The highest BCUT2D eigenvalue weighted by Gasteiger charge is 2.64. The minimum absolute atomic E-state index is 0.0307. The molecule has 116 valence electrons. The van der Waals surface area contributed by atoms with Crippen molar-refractivity contribution in [2.75, 3.05) is 20.6 Å². The molecule has 0 radical (unpaired) electrons. The number of rotatable bonds is 1. The number of benzene rings is 1. The monoisotopic (exact) mass is 308 g/mol. The summed E-state index contributed by atoms with van der Waals surface area (Å²) in [7, 11) is -2.77. The molecule has 1 saturated heterocycles. The SMILES string of the molecule is [2H]C([2H])([2H])Oc1ccc2c3c1OC1C([2H])(O)C=C[C@]4([2H])[C@@]31CCN(C([2H])([2H])[2H])[C@]4([2H])C2. The van der Waals surface area contributed by atoms with Crippen molar-refractivity contribution < 1.29 is 26.9 Å². The maximum absolute atomic E-state index is 10.8. The summed E-state index contributed by atoms with van der Waals surface area (Å²) in [5.74, 6) is -1.94. The summed E-state index contributed by atoms with van der Waals surface area (Å²) in [5.41, 5.74) is -0.468. The third-order valence-corrected chi connectivity index (χ3v) is 5.34. The minimum atomic E-state index is -2.77. The fourth-order valence-electron chi connectivity index (χ4n) is 4.47. The van der Waals surface area contributed by atoms with E-state index in [0.29, 0.717) is 11.1 Å². The van der Waals surface area contributed by atoms with E-state index in [1.165, 1.54) is 12.1 Å². The third-order valence-electron chi connectivity index (χ3n) is 5.34. The predicted molar refractivity (Wildman–Crippen MR) is 82.5 cm³/mol. The quantitative estimate of drug-likeness (QED) is 0.799. The largest absolute Gasteiger partial charge is 0.493 e. The molecule has 0 saturated carbocycles. The van der Waals surface area contributed by atoms with Crippen LogP contribution in [0.2, 0.25) is 0 Å². The lowest BCUT2D eigenvalue weighted by Crippen LogP contribution is -2.64. The van der Waals surface area contributed by atoms with Gasteiger partial charge in [-0.1, -0.05) is 18.2 Å². The molecule has 22 heavy (non-hydrogen) atoms. The predicted octanol–water partition coefficient (Wildman–Crippen LogP) is 1.50. The normalized spacial score (nSPS) is 58.2. The number of ether oxygens (including phenoxy) is 2. The van der Waals surface area contributed by atoms with E-state index in [1.54, 1.807) is 6.07 Å². The molecule has 5 atom stereocenters. The van der Waals surface area contributed by atoms with Gasteiger partial charge in [-0.05, 0) is 38.0 Å². The van der Waals surface area contributed by atoms with Gasteiger partial charge in [-0.15, -0.1) is 0 Å². The smallest absolute Gasteiger partial charge is 0.165 e. The number of likely N-dealkylation sites (tertiary alicyclic amines) is 1. The van der Waals surface area contributed by atoms with Crippen LogP contribution >= 0.6 is 0 Å².